The number of benzene rings is 1. The van der Waals surface area contributed by atoms with Gasteiger partial charge in [-0.25, -0.2) is 18.3 Å². The number of amides is 1. The van der Waals surface area contributed by atoms with Gasteiger partial charge in [0, 0.05) is 31.5 Å². The van der Waals surface area contributed by atoms with Gasteiger partial charge in [-0.15, -0.1) is 0 Å². The van der Waals surface area contributed by atoms with Crippen molar-refractivity contribution in [1.29, 1.82) is 0 Å². The number of carbonyl (C=O) groups excluding carboxylic acids is 1. The second kappa shape index (κ2) is 7.23. The molecule has 0 unspecified atom stereocenters. The van der Waals surface area contributed by atoms with E-state index >= 15 is 0 Å². The average molecular weight is 363 g/mol. The number of carbonyl (C=O) groups is 2. The number of halogens is 2. The molecule has 1 aromatic carbocycles. The highest BCUT2D eigenvalue weighted by atomic mass is 19.3. The van der Waals surface area contributed by atoms with Crippen molar-refractivity contribution in [3.63, 3.8) is 0 Å². The van der Waals surface area contributed by atoms with Gasteiger partial charge in [0.1, 0.15) is 0 Å². The molecule has 0 bridgehead atoms. The minimum Gasteiger partial charge on any atom is -0.476 e. The molecule has 0 saturated heterocycles. The third-order valence-electron chi connectivity index (χ3n) is 4.54. The molecule has 0 spiro atoms. The van der Waals surface area contributed by atoms with Gasteiger partial charge in [0.05, 0.1) is 5.69 Å². The molecule has 1 aliphatic rings. The van der Waals surface area contributed by atoms with E-state index in [1.807, 2.05) is 6.07 Å². The normalized spacial score (nSPS) is 17.0. The zero-order valence-electron chi connectivity index (χ0n) is 14.0. The van der Waals surface area contributed by atoms with Crippen LogP contribution in [0.1, 0.15) is 41.7 Å². The smallest absolute Gasteiger partial charge is 0.356 e. The van der Waals surface area contributed by atoms with E-state index in [0.717, 1.165) is 5.56 Å². The number of hydrogen-bond acceptors (Lipinski definition) is 3. The molecule has 1 aromatic heterocycles. The Labute approximate surface area is 148 Å². The highest BCUT2D eigenvalue weighted by Gasteiger charge is 2.37. The first-order valence-electron chi connectivity index (χ1n) is 8.38. The summed E-state index contributed by atoms with van der Waals surface area (Å²) in [6.07, 6.45) is 1.45. The van der Waals surface area contributed by atoms with Crippen LogP contribution in [0.2, 0.25) is 0 Å². The summed E-state index contributed by atoms with van der Waals surface area (Å²) in [5.41, 5.74) is 1.42. The predicted molar refractivity (Wildman–Crippen MR) is 89.3 cm³/mol. The van der Waals surface area contributed by atoms with Crippen LogP contribution < -0.4 is 5.32 Å². The van der Waals surface area contributed by atoms with Crippen molar-refractivity contribution in [2.45, 2.75) is 38.2 Å². The molecule has 3 rings (SSSR count). The van der Waals surface area contributed by atoms with Crippen LogP contribution in [0.15, 0.2) is 36.5 Å². The zero-order valence-corrected chi connectivity index (χ0v) is 14.0. The summed E-state index contributed by atoms with van der Waals surface area (Å²) in [5, 5.41) is 15.7. The van der Waals surface area contributed by atoms with Crippen LogP contribution in [-0.2, 0) is 11.3 Å². The lowest BCUT2D eigenvalue weighted by molar-refractivity contribution is -0.129. The summed E-state index contributed by atoms with van der Waals surface area (Å²) in [7, 11) is 0. The van der Waals surface area contributed by atoms with E-state index < -0.39 is 11.9 Å². The largest absolute Gasteiger partial charge is 0.476 e. The van der Waals surface area contributed by atoms with Crippen molar-refractivity contribution in [2.24, 2.45) is 5.92 Å². The Bertz CT molecular complexity index is 810. The molecule has 0 radical (unpaired) electrons. The minimum atomic E-state index is -2.65. The summed E-state index contributed by atoms with van der Waals surface area (Å²) in [6.45, 7) is 0.270. The third kappa shape index (κ3) is 4.25. The number of nitrogens with one attached hydrogen (secondary N) is 1. The van der Waals surface area contributed by atoms with E-state index in [4.69, 9.17) is 5.11 Å². The van der Waals surface area contributed by atoms with Crippen molar-refractivity contribution in [3.05, 3.63) is 47.8 Å². The van der Waals surface area contributed by atoms with Crippen LogP contribution in [0.4, 0.5) is 8.78 Å². The predicted octanol–water partition coefficient (Wildman–Crippen LogP) is 3.01. The quantitative estimate of drug-likeness (QED) is 0.855. The van der Waals surface area contributed by atoms with Crippen LogP contribution in [0, 0.1) is 5.92 Å². The number of aromatic nitrogens is 2. The Balaban J connectivity index is 1.60. The number of alkyl halides is 2. The van der Waals surface area contributed by atoms with Gasteiger partial charge < -0.3 is 10.4 Å². The number of carboxylic acids is 1. The molecule has 8 heteroatoms. The van der Waals surface area contributed by atoms with Gasteiger partial charge in [0.15, 0.2) is 5.69 Å². The van der Waals surface area contributed by atoms with Crippen LogP contribution >= 0.6 is 0 Å². The maximum Gasteiger partial charge on any atom is 0.356 e. The Morgan fingerprint density at radius 2 is 2.00 bits per heavy atom. The van der Waals surface area contributed by atoms with Crippen LogP contribution in [0.25, 0.3) is 5.69 Å². The molecule has 1 saturated carbocycles. The summed E-state index contributed by atoms with van der Waals surface area (Å²) < 4.78 is 27.8. The molecule has 2 aromatic rings. The Morgan fingerprint density at radius 1 is 1.27 bits per heavy atom. The first-order chi connectivity index (χ1) is 12.3. The van der Waals surface area contributed by atoms with E-state index in [1.165, 1.54) is 10.7 Å². The molecule has 138 valence electrons. The standard InChI is InChI=1S/C18H19F2N3O3/c19-18(20)7-4-13(5-8-18)16(24)21-11-12-2-1-3-14(10-12)23-9-6-15(22-23)17(25)26/h1-3,6,9-10,13H,4-5,7-8,11H2,(H,21,24)(H,25,26). The van der Waals surface area contributed by atoms with Crippen molar-refractivity contribution in [1.82, 2.24) is 15.1 Å². The van der Waals surface area contributed by atoms with Crippen molar-refractivity contribution >= 4 is 11.9 Å². The summed E-state index contributed by atoms with van der Waals surface area (Å²) in [4.78, 5) is 23.1. The number of carboxylic acid groups (broad SMARTS) is 1. The molecule has 6 nitrogen and oxygen atoms in total. The fraction of sp³-hybridized carbons (Fsp3) is 0.389. The lowest BCUT2D eigenvalue weighted by Gasteiger charge is -2.27. The maximum atomic E-state index is 13.2. The van der Waals surface area contributed by atoms with E-state index in [0.29, 0.717) is 5.69 Å². The van der Waals surface area contributed by atoms with Crippen LogP contribution in [-0.4, -0.2) is 32.7 Å². The molecule has 1 amide bonds. The van der Waals surface area contributed by atoms with Crippen LogP contribution in [0.3, 0.4) is 0 Å². The lowest BCUT2D eigenvalue weighted by Crippen LogP contribution is -2.35. The highest BCUT2D eigenvalue weighted by molar-refractivity contribution is 5.85. The second-order valence-electron chi connectivity index (χ2n) is 6.47. The summed E-state index contributed by atoms with van der Waals surface area (Å²) >= 11 is 0. The molecule has 2 N–H and O–H groups in total. The SMILES string of the molecule is O=C(O)c1ccn(-c2cccc(CNC(=O)C3CCC(F)(F)CC3)c2)n1. The first-order valence-corrected chi connectivity index (χ1v) is 8.38. The van der Waals surface area contributed by atoms with Gasteiger partial charge in [0.25, 0.3) is 0 Å². The van der Waals surface area contributed by atoms with E-state index in [2.05, 4.69) is 10.4 Å². The van der Waals surface area contributed by atoms with E-state index in [-0.39, 0.29) is 49.7 Å². The highest BCUT2D eigenvalue weighted by Crippen LogP contribution is 2.36. The number of hydrogen-bond donors (Lipinski definition) is 2. The second-order valence-corrected chi connectivity index (χ2v) is 6.47. The average Bonchev–Trinajstić information content (AvgIpc) is 3.10. The summed E-state index contributed by atoms with van der Waals surface area (Å²) in [6, 6.07) is 8.55. The topological polar surface area (TPSA) is 84.2 Å². The zero-order chi connectivity index (χ0) is 18.7. The Kier molecular flexibility index (Phi) is 5.01. The Morgan fingerprint density at radius 3 is 2.65 bits per heavy atom. The first kappa shape index (κ1) is 18.0. The van der Waals surface area contributed by atoms with Gasteiger partial charge in [-0.2, -0.15) is 5.10 Å². The minimum absolute atomic E-state index is 0.0576. The van der Waals surface area contributed by atoms with Gasteiger partial charge in [-0.1, -0.05) is 12.1 Å². The van der Waals surface area contributed by atoms with E-state index in [9.17, 15) is 18.4 Å². The van der Waals surface area contributed by atoms with E-state index in [1.54, 1.807) is 24.4 Å². The lowest BCUT2D eigenvalue weighted by atomic mass is 9.86. The van der Waals surface area contributed by atoms with Gasteiger partial charge in [-0.05, 0) is 36.6 Å². The molecule has 0 aliphatic heterocycles. The molecule has 0 atom stereocenters. The van der Waals surface area contributed by atoms with Gasteiger partial charge in [0.2, 0.25) is 11.8 Å². The number of rotatable bonds is 5. The van der Waals surface area contributed by atoms with Crippen molar-refractivity contribution in [2.75, 3.05) is 0 Å². The molecular weight excluding hydrogens is 344 g/mol. The van der Waals surface area contributed by atoms with Crippen molar-refractivity contribution in [3.8, 4) is 5.69 Å². The fourth-order valence-corrected chi connectivity index (χ4v) is 3.03. The molecule has 26 heavy (non-hydrogen) atoms. The van der Waals surface area contributed by atoms with Gasteiger partial charge in [-0.3, -0.25) is 4.79 Å². The van der Waals surface area contributed by atoms with Crippen LogP contribution in [0.5, 0.6) is 0 Å². The Hall–Kier alpha value is -2.77. The molecule has 1 heterocycles. The fourth-order valence-electron chi connectivity index (χ4n) is 3.03. The third-order valence-corrected chi connectivity index (χ3v) is 4.54. The number of nitrogens with zero attached hydrogens (tertiary/aromatic N) is 2. The molecule has 1 fully saturated rings. The monoisotopic (exact) mass is 363 g/mol. The molecular formula is C18H19F2N3O3. The summed E-state index contributed by atoms with van der Waals surface area (Å²) in [5.74, 6) is -4.34. The van der Waals surface area contributed by atoms with Crippen molar-refractivity contribution < 1.29 is 23.5 Å². The molecule has 1 aliphatic carbocycles. The van der Waals surface area contributed by atoms with Gasteiger partial charge >= 0.3 is 5.97 Å². The maximum absolute atomic E-state index is 13.2. The number of aromatic carboxylic acids is 1.